The van der Waals surface area contributed by atoms with Crippen LogP contribution in [0.25, 0.3) is 0 Å². The minimum absolute atomic E-state index is 0.0193. The number of nitrogens with one attached hydrogen (secondary N) is 2. The Balaban J connectivity index is 3.67. The minimum Gasteiger partial charge on any atom is -0.481 e. The van der Waals surface area contributed by atoms with Crippen LogP contribution in [-0.4, -0.2) is 35.5 Å². The summed E-state index contributed by atoms with van der Waals surface area (Å²) in [6.07, 6.45) is 2.39. The monoisotopic (exact) mass is 272 g/mol. The first-order valence-corrected chi connectivity index (χ1v) is 6.59. The molecule has 0 saturated carbocycles. The molecule has 0 bridgehead atoms. The van der Waals surface area contributed by atoms with Crippen LogP contribution in [0.3, 0.4) is 0 Å². The quantitative estimate of drug-likeness (QED) is 0.581. The fourth-order valence-corrected chi connectivity index (χ4v) is 1.62. The lowest BCUT2D eigenvalue weighted by atomic mass is 10.0. The third kappa shape index (κ3) is 10.1. The smallest absolute Gasteiger partial charge is 0.306 e. The second-order valence-corrected chi connectivity index (χ2v) is 4.87. The first-order chi connectivity index (χ1) is 8.82. The maximum Gasteiger partial charge on any atom is 0.306 e. The van der Waals surface area contributed by atoms with Gasteiger partial charge in [-0.05, 0) is 19.8 Å². The molecule has 0 fully saturated rings. The van der Waals surface area contributed by atoms with Gasteiger partial charge in [0.25, 0.3) is 0 Å². The van der Waals surface area contributed by atoms with Gasteiger partial charge >= 0.3 is 5.97 Å². The van der Waals surface area contributed by atoms with E-state index in [9.17, 15) is 14.4 Å². The number of rotatable bonds is 9. The van der Waals surface area contributed by atoms with E-state index in [1.54, 1.807) is 6.92 Å². The van der Waals surface area contributed by atoms with Gasteiger partial charge in [-0.1, -0.05) is 13.3 Å². The van der Waals surface area contributed by atoms with Gasteiger partial charge in [0, 0.05) is 25.9 Å². The van der Waals surface area contributed by atoms with Crippen LogP contribution in [0.4, 0.5) is 0 Å². The van der Waals surface area contributed by atoms with Crippen molar-refractivity contribution in [3.8, 4) is 0 Å². The van der Waals surface area contributed by atoms with Gasteiger partial charge in [-0.25, -0.2) is 0 Å². The van der Waals surface area contributed by atoms with E-state index in [1.807, 2.05) is 6.92 Å². The molecule has 0 aliphatic carbocycles. The van der Waals surface area contributed by atoms with E-state index in [-0.39, 0.29) is 30.2 Å². The molecule has 2 amide bonds. The van der Waals surface area contributed by atoms with Crippen LogP contribution in [0.15, 0.2) is 0 Å². The third-order valence-corrected chi connectivity index (χ3v) is 2.83. The maximum atomic E-state index is 11.5. The van der Waals surface area contributed by atoms with E-state index in [2.05, 4.69) is 10.6 Å². The van der Waals surface area contributed by atoms with E-state index in [4.69, 9.17) is 5.11 Å². The summed E-state index contributed by atoms with van der Waals surface area (Å²) < 4.78 is 0. The Hall–Kier alpha value is -1.59. The van der Waals surface area contributed by atoms with Crippen LogP contribution in [0.2, 0.25) is 0 Å². The van der Waals surface area contributed by atoms with E-state index in [1.165, 1.54) is 6.92 Å². The largest absolute Gasteiger partial charge is 0.481 e. The number of carbonyl (C=O) groups is 3. The number of carbonyl (C=O) groups excluding carboxylic acids is 2. The van der Waals surface area contributed by atoms with Gasteiger partial charge < -0.3 is 15.7 Å². The lowest BCUT2D eigenvalue weighted by molar-refractivity contribution is -0.141. The minimum atomic E-state index is -0.785. The highest BCUT2D eigenvalue weighted by molar-refractivity contribution is 5.78. The van der Waals surface area contributed by atoms with Crippen molar-refractivity contribution in [2.75, 3.05) is 6.54 Å². The first-order valence-electron chi connectivity index (χ1n) is 6.59. The molecule has 2 atom stereocenters. The molecule has 0 heterocycles. The van der Waals surface area contributed by atoms with Gasteiger partial charge in [0.2, 0.25) is 11.8 Å². The van der Waals surface area contributed by atoms with Crippen molar-refractivity contribution in [3.63, 3.8) is 0 Å². The molecule has 6 heteroatoms. The molecule has 0 aliphatic heterocycles. The van der Waals surface area contributed by atoms with E-state index in [0.29, 0.717) is 13.0 Å². The number of carboxylic acids is 1. The Morgan fingerprint density at radius 3 is 2.32 bits per heavy atom. The lowest BCUT2D eigenvalue weighted by Crippen LogP contribution is -2.35. The Kier molecular flexibility index (Phi) is 8.57. The fourth-order valence-electron chi connectivity index (χ4n) is 1.62. The summed E-state index contributed by atoms with van der Waals surface area (Å²) >= 11 is 0. The molecule has 0 radical (unpaired) electrons. The van der Waals surface area contributed by atoms with Gasteiger partial charge in [0.15, 0.2) is 0 Å². The first kappa shape index (κ1) is 17.4. The predicted molar refractivity (Wildman–Crippen MR) is 71.6 cm³/mol. The average molecular weight is 272 g/mol. The molecule has 2 unspecified atom stereocenters. The Labute approximate surface area is 113 Å². The molecule has 0 aromatic rings. The normalized spacial score (nSPS) is 13.4. The van der Waals surface area contributed by atoms with Crippen LogP contribution >= 0.6 is 0 Å². The summed E-state index contributed by atoms with van der Waals surface area (Å²) in [6.45, 7) is 5.31. The lowest BCUT2D eigenvalue weighted by Gasteiger charge is -2.14. The Morgan fingerprint density at radius 1 is 1.16 bits per heavy atom. The average Bonchev–Trinajstić information content (AvgIpc) is 2.27. The summed E-state index contributed by atoms with van der Waals surface area (Å²) in [7, 11) is 0. The zero-order valence-electron chi connectivity index (χ0n) is 11.9. The van der Waals surface area contributed by atoms with Gasteiger partial charge in [-0.3, -0.25) is 14.4 Å². The SMILES string of the molecule is CC(=O)NCCC(=O)NC(C)CCCC(C)C(=O)O. The molecule has 0 spiro atoms. The van der Waals surface area contributed by atoms with Gasteiger partial charge in [0.05, 0.1) is 5.92 Å². The molecule has 19 heavy (non-hydrogen) atoms. The molecule has 0 aromatic carbocycles. The number of aliphatic carboxylic acids is 1. The standard InChI is InChI=1S/C13H24N2O4/c1-9(13(18)19)5-4-6-10(2)15-12(17)7-8-14-11(3)16/h9-10H,4-8H2,1-3H3,(H,14,16)(H,15,17)(H,18,19). The van der Waals surface area contributed by atoms with Crippen LogP contribution in [-0.2, 0) is 14.4 Å². The van der Waals surface area contributed by atoms with Crippen molar-refractivity contribution in [3.05, 3.63) is 0 Å². The number of hydrogen-bond donors (Lipinski definition) is 3. The van der Waals surface area contributed by atoms with E-state index in [0.717, 1.165) is 12.8 Å². The predicted octanol–water partition coefficient (Wildman–Crippen LogP) is 0.908. The number of carboxylic acid groups (broad SMARTS) is 1. The van der Waals surface area contributed by atoms with Gasteiger partial charge in [-0.2, -0.15) is 0 Å². The Morgan fingerprint density at radius 2 is 1.79 bits per heavy atom. The summed E-state index contributed by atoms with van der Waals surface area (Å²) in [4.78, 5) is 32.7. The number of hydrogen-bond acceptors (Lipinski definition) is 3. The number of amides is 2. The molecular weight excluding hydrogens is 248 g/mol. The second-order valence-electron chi connectivity index (χ2n) is 4.87. The van der Waals surface area contributed by atoms with E-state index < -0.39 is 5.97 Å². The van der Waals surface area contributed by atoms with Gasteiger partial charge in [0.1, 0.15) is 0 Å². The molecule has 0 rings (SSSR count). The topological polar surface area (TPSA) is 95.5 Å². The maximum absolute atomic E-state index is 11.5. The van der Waals surface area contributed by atoms with Crippen molar-refractivity contribution in [1.82, 2.24) is 10.6 Å². The van der Waals surface area contributed by atoms with Gasteiger partial charge in [-0.15, -0.1) is 0 Å². The van der Waals surface area contributed by atoms with Crippen molar-refractivity contribution in [2.45, 2.75) is 52.5 Å². The zero-order chi connectivity index (χ0) is 14.8. The molecule has 3 N–H and O–H groups in total. The summed E-state index contributed by atoms with van der Waals surface area (Å²) in [5, 5.41) is 14.1. The molecule has 0 saturated heterocycles. The summed E-state index contributed by atoms with van der Waals surface area (Å²) in [6, 6.07) is 0.0193. The second kappa shape index (κ2) is 9.35. The molecular formula is C13H24N2O4. The fraction of sp³-hybridized carbons (Fsp3) is 0.769. The van der Waals surface area contributed by atoms with Crippen molar-refractivity contribution in [2.24, 2.45) is 5.92 Å². The van der Waals surface area contributed by atoms with Crippen molar-refractivity contribution in [1.29, 1.82) is 0 Å². The van der Waals surface area contributed by atoms with Crippen molar-refractivity contribution < 1.29 is 19.5 Å². The van der Waals surface area contributed by atoms with Crippen molar-refractivity contribution >= 4 is 17.8 Å². The summed E-state index contributed by atoms with van der Waals surface area (Å²) in [5.41, 5.74) is 0. The highest BCUT2D eigenvalue weighted by Gasteiger charge is 2.12. The molecule has 6 nitrogen and oxygen atoms in total. The van der Waals surface area contributed by atoms with Crippen LogP contribution in [0.1, 0.15) is 46.5 Å². The van der Waals surface area contributed by atoms with Crippen LogP contribution in [0, 0.1) is 5.92 Å². The molecule has 110 valence electrons. The zero-order valence-corrected chi connectivity index (χ0v) is 11.9. The van der Waals surface area contributed by atoms with E-state index >= 15 is 0 Å². The Bertz CT molecular complexity index is 318. The summed E-state index contributed by atoms with van der Waals surface area (Å²) in [5.74, 6) is -1.38. The highest BCUT2D eigenvalue weighted by atomic mass is 16.4. The van der Waals surface area contributed by atoms with Crippen LogP contribution < -0.4 is 10.6 Å². The molecule has 0 aliphatic rings. The highest BCUT2D eigenvalue weighted by Crippen LogP contribution is 2.09. The molecule has 0 aromatic heterocycles. The third-order valence-electron chi connectivity index (χ3n) is 2.83. The van der Waals surface area contributed by atoms with Crippen LogP contribution in [0.5, 0.6) is 0 Å².